The maximum atomic E-state index is 12.1. The van der Waals surface area contributed by atoms with Crippen LogP contribution >= 0.6 is 23.1 Å². The van der Waals surface area contributed by atoms with Gasteiger partial charge in [-0.3, -0.25) is 10.1 Å². The van der Waals surface area contributed by atoms with Crippen LogP contribution in [0.5, 0.6) is 0 Å². The van der Waals surface area contributed by atoms with E-state index in [0.717, 1.165) is 16.3 Å². The Bertz CT molecular complexity index is 842. The third-order valence-corrected chi connectivity index (χ3v) is 5.37. The Morgan fingerprint density at radius 1 is 1.08 bits per heavy atom. The van der Waals surface area contributed by atoms with Gasteiger partial charge in [-0.2, -0.15) is 0 Å². The molecule has 0 saturated heterocycles. The number of carbonyl (C=O) groups excluding carboxylic acids is 1. The molecular weight excluding hydrogens is 350 g/mol. The molecule has 0 spiro atoms. The predicted octanol–water partition coefficient (Wildman–Crippen LogP) is 4.69. The lowest BCUT2D eigenvalue weighted by atomic mass is 10.1. The van der Waals surface area contributed by atoms with Gasteiger partial charge in [0.1, 0.15) is 5.01 Å². The Kier molecular flexibility index (Phi) is 5.83. The molecule has 4 nitrogen and oxygen atoms in total. The van der Waals surface area contributed by atoms with Crippen molar-refractivity contribution in [2.45, 2.75) is 19.6 Å². The van der Waals surface area contributed by atoms with Crippen molar-refractivity contribution in [3.05, 3.63) is 65.2 Å². The number of carbonyl (C=O) groups is 1. The van der Waals surface area contributed by atoms with Crippen LogP contribution in [0, 0.1) is 13.8 Å². The first-order chi connectivity index (χ1) is 12.1. The average molecular weight is 370 g/mol. The number of rotatable bonds is 6. The van der Waals surface area contributed by atoms with Gasteiger partial charge in [-0.1, -0.05) is 71.0 Å². The van der Waals surface area contributed by atoms with E-state index in [-0.39, 0.29) is 5.91 Å². The summed E-state index contributed by atoms with van der Waals surface area (Å²) in [6, 6.07) is 16.3. The molecule has 0 saturated carbocycles. The molecule has 1 aromatic heterocycles. The molecule has 1 amide bonds. The maximum Gasteiger partial charge on any atom is 0.236 e. The number of nitrogens with one attached hydrogen (secondary N) is 1. The Balaban J connectivity index is 1.50. The first-order valence-electron chi connectivity index (χ1n) is 7.94. The van der Waals surface area contributed by atoms with E-state index in [1.165, 1.54) is 28.0 Å². The van der Waals surface area contributed by atoms with E-state index in [0.29, 0.717) is 10.9 Å². The molecular formula is C19H19N3OS2. The van der Waals surface area contributed by atoms with Crippen LogP contribution in [0.4, 0.5) is 5.13 Å². The highest BCUT2D eigenvalue weighted by Gasteiger charge is 2.09. The molecule has 3 rings (SSSR count). The normalized spacial score (nSPS) is 10.6. The van der Waals surface area contributed by atoms with Crippen LogP contribution in [0.15, 0.2) is 48.5 Å². The molecule has 0 aliphatic carbocycles. The smallest absolute Gasteiger partial charge is 0.236 e. The number of benzene rings is 2. The number of aromatic nitrogens is 2. The fourth-order valence-electron chi connectivity index (χ4n) is 2.54. The number of hydrogen-bond donors (Lipinski definition) is 1. The van der Waals surface area contributed by atoms with Crippen molar-refractivity contribution in [2.75, 3.05) is 11.1 Å². The van der Waals surface area contributed by atoms with Gasteiger partial charge in [-0.25, -0.2) is 0 Å². The number of hydrogen-bond acceptors (Lipinski definition) is 5. The van der Waals surface area contributed by atoms with Gasteiger partial charge in [0.25, 0.3) is 0 Å². The lowest BCUT2D eigenvalue weighted by molar-refractivity contribution is -0.113. The molecule has 0 aliphatic heterocycles. The number of nitrogens with zero attached hydrogens (tertiary/aromatic N) is 2. The molecule has 6 heteroatoms. The molecule has 1 heterocycles. The summed E-state index contributed by atoms with van der Waals surface area (Å²) in [6.07, 6.45) is 0. The summed E-state index contributed by atoms with van der Waals surface area (Å²) in [5.41, 5.74) is 4.76. The van der Waals surface area contributed by atoms with Gasteiger partial charge in [0.05, 0.1) is 5.75 Å². The molecule has 1 N–H and O–H groups in total. The second kappa shape index (κ2) is 8.27. The van der Waals surface area contributed by atoms with Crippen LogP contribution in [-0.2, 0) is 10.5 Å². The molecule has 3 aromatic rings. The lowest BCUT2D eigenvalue weighted by Gasteiger charge is -2.05. The van der Waals surface area contributed by atoms with Crippen molar-refractivity contribution in [3.63, 3.8) is 0 Å². The van der Waals surface area contributed by atoms with Gasteiger partial charge in [0.2, 0.25) is 11.0 Å². The highest BCUT2D eigenvalue weighted by Crippen LogP contribution is 2.26. The topological polar surface area (TPSA) is 54.9 Å². The van der Waals surface area contributed by atoms with Crippen LogP contribution in [-0.4, -0.2) is 21.9 Å². The van der Waals surface area contributed by atoms with Gasteiger partial charge < -0.3 is 0 Å². The second-order valence-electron chi connectivity index (χ2n) is 5.82. The third kappa shape index (κ3) is 5.14. The first kappa shape index (κ1) is 17.6. The van der Waals surface area contributed by atoms with E-state index in [1.54, 1.807) is 11.8 Å². The summed E-state index contributed by atoms with van der Waals surface area (Å²) in [7, 11) is 0. The van der Waals surface area contributed by atoms with Crippen LogP contribution in [0.2, 0.25) is 0 Å². The summed E-state index contributed by atoms with van der Waals surface area (Å²) in [4.78, 5) is 12.1. The second-order valence-corrected chi connectivity index (χ2v) is 7.78. The minimum Gasteiger partial charge on any atom is -0.300 e. The first-order valence-corrected chi connectivity index (χ1v) is 9.91. The summed E-state index contributed by atoms with van der Waals surface area (Å²) in [5.74, 6) is 1.17. The van der Waals surface area contributed by atoms with Crippen molar-refractivity contribution >= 4 is 34.1 Å². The van der Waals surface area contributed by atoms with Crippen LogP contribution in [0.25, 0.3) is 10.6 Å². The highest BCUT2D eigenvalue weighted by atomic mass is 32.2. The Morgan fingerprint density at radius 2 is 1.80 bits per heavy atom. The van der Waals surface area contributed by atoms with Gasteiger partial charge >= 0.3 is 0 Å². The van der Waals surface area contributed by atoms with E-state index >= 15 is 0 Å². The minimum absolute atomic E-state index is 0.0508. The Morgan fingerprint density at radius 3 is 2.52 bits per heavy atom. The molecule has 0 radical (unpaired) electrons. The van der Waals surface area contributed by atoms with Crippen LogP contribution in [0.3, 0.4) is 0 Å². The predicted molar refractivity (Wildman–Crippen MR) is 106 cm³/mol. The van der Waals surface area contributed by atoms with E-state index < -0.39 is 0 Å². The fraction of sp³-hybridized carbons (Fsp3) is 0.211. The minimum atomic E-state index is -0.0508. The summed E-state index contributed by atoms with van der Waals surface area (Å²) in [6.45, 7) is 4.18. The monoisotopic (exact) mass is 369 g/mol. The van der Waals surface area contributed by atoms with Crippen molar-refractivity contribution in [2.24, 2.45) is 0 Å². The van der Waals surface area contributed by atoms with Gasteiger partial charge in [-0.15, -0.1) is 22.0 Å². The highest BCUT2D eigenvalue weighted by molar-refractivity contribution is 7.99. The quantitative estimate of drug-likeness (QED) is 0.685. The molecule has 0 atom stereocenters. The number of thioether (sulfide) groups is 1. The molecule has 0 bridgehead atoms. The summed E-state index contributed by atoms with van der Waals surface area (Å²) in [5, 5.41) is 12.4. The van der Waals surface area contributed by atoms with E-state index in [2.05, 4.69) is 47.6 Å². The maximum absolute atomic E-state index is 12.1. The SMILES string of the molecule is Cc1cc(C)cc(CSCC(=O)Nc2nnc(-c3ccccc3)s2)c1. The van der Waals surface area contributed by atoms with Crippen molar-refractivity contribution in [3.8, 4) is 10.6 Å². The zero-order valence-electron chi connectivity index (χ0n) is 14.2. The average Bonchev–Trinajstić information content (AvgIpc) is 3.03. The molecule has 2 aromatic carbocycles. The fourth-order valence-corrected chi connectivity index (χ4v) is 4.07. The van der Waals surface area contributed by atoms with Crippen LogP contribution in [0.1, 0.15) is 16.7 Å². The Hall–Kier alpha value is -2.18. The van der Waals surface area contributed by atoms with Gasteiger partial charge in [0.15, 0.2) is 0 Å². The number of amides is 1. The number of aryl methyl sites for hydroxylation is 2. The van der Waals surface area contributed by atoms with Crippen molar-refractivity contribution < 1.29 is 4.79 Å². The van der Waals surface area contributed by atoms with Crippen molar-refractivity contribution in [1.29, 1.82) is 0 Å². The van der Waals surface area contributed by atoms with Gasteiger partial charge in [-0.05, 0) is 19.4 Å². The largest absolute Gasteiger partial charge is 0.300 e. The van der Waals surface area contributed by atoms with E-state index in [1.807, 2.05) is 30.3 Å². The van der Waals surface area contributed by atoms with Crippen molar-refractivity contribution in [1.82, 2.24) is 10.2 Å². The Labute approximate surface area is 155 Å². The van der Waals surface area contributed by atoms with E-state index in [9.17, 15) is 4.79 Å². The zero-order valence-corrected chi connectivity index (χ0v) is 15.8. The standard InChI is InChI=1S/C19H19N3OS2/c1-13-8-14(2)10-15(9-13)11-24-12-17(23)20-19-22-21-18(25-19)16-6-4-3-5-7-16/h3-10H,11-12H2,1-2H3,(H,20,22,23). The van der Waals surface area contributed by atoms with Gasteiger partial charge in [0, 0.05) is 11.3 Å². The molecule has 0 fully saturated rings. The van der Waals surface area contributed by atoms with Crippen LogP contribution < -0.4 is 5.32 Å². The van der Waals surface area contributed by atoms with E-state index in [4.69, 9.17) is 0 Å². The summed E-state index contributed by atoms with van der Waals surface area (Å²) < 4.78 is 0. The molecule has 0 unspecified atom stereocenters. The summed E-state index contributed by atoms with van der Waals surface area (Å²) >= 11 is 2.98. The molecule has 25 heavy (non-hydrogen) atoms. The zero-order chi connectivity index (χ0) is 17.6. The number of anilines is 1. The third-order valence-electron chi connectivity index (χ3n) is 3.48. The molecule has 128 valence electrons. The lowest BCUT2D eigenvalue weighted by Crippen LogP contribution is -2.14. The molecule has 0 aliphatic rings.